The van der Waals surface area contributed by atoms with Gasteiger partial charge in [-0.25, -0.2) is 9.37 Å². The smallest absolute Gasteiger partial charge is 0.857 e. The zero-order chi connectivity index (χ0) is 28.5. The molecule has 0 atom stereocenters. The summed E-state index contributed by atoms with van der Waals surface area (Å²) in [6.45, 7) is 9.87. The molecule has 1 aromatic carbocycles. The van der Waals surface area contributed by atoms with Crippen molar-refractivity contribution < 1.29 is 75.5 Å². The number of benzene rings is 1. The van der Waals surface area contributed by atoms with Crippen molar-refractivity contribution in [1.29, 1.82) is 0 Å². The molecule has 0 amide bonds. The fourth-order valence-electron chi connectivity index (χ4n) is 4.81. The van der Waals surface area contributed by atoms with Crippen LogP contribution in [0.25, 0.3) is 0 Å². The number of halogens is 1. The summed E-state index contributed by atoms with van der Waals surface area (Å²) in [5.41, 5.74) is 6.02. The molecule has 1 fully saturated rings. The molecule has 40 heavy (non-hydrogen) atoms. The fraction of sp³-hybridized carbons (Fsp3) is 0.645. The molecule has 1 saturated heterocycles. The number of pyridine rings is 1. The van der Waals surface area contributed by atoms with Crippen LogP contribution in [0.15, 0.2) is 24.3 Å². The molecule has 0 bridgehead atoms. The van der Waals surface area contributed by atoms with E-state index in [9.17, 15) is 4.39 Å². The van der Waals surface area contributed by atoms with Crippen LogP contribution < -0.4 is 61.8 Å². The number of ether oxygens (including phenoxy) is 2. The predicted octanol–water partition coefficient (Wildman–Crippen LogP) is 1.27. The maximum Gasteiger partial charge on any atom is 1.00 e. The molecule has 4 heterocycles. The Labute approximate surface area is 283 Å². The number of aryl methyl sites for hydroxylation is 2. The van der Waals surface area contributed by atoms with Gasteiger partial charge in [0.1, 0.15) is 11.6 Å². The van der Waals surface area contributed by atoms with Crippen LogP contribution in [0.1, 0.15) is 73.9 Å². The molecule has 1 aromatic heterocycles. The first-order chi connectivity index (χ1) is 19.0. The number of anilines is 1. The van der Waals surface area contributed by atoms with Gasteiger partial charge in [-0.3, -0.25) is 4.90 Å². The van der Waals surface area contributed by atoms with Crippen LogP contribution in [0.3, 0.4) is 0 Å². The number of hydrogen-bond acceptors (Lipinski definition) is 7. The second-order valence-electron chi connectivity index (χ2n) is 10.3. The van der Waals surface area contributed by atoms with Gasteiger partial charge in [-0.1, -0.05) is 6.07 Å². The van der Waals surface area contributed by atoms with E-state index in [0.717, 1.165) is 89.1 Å². The second kappa shape index (κ2) is 22.1. The Kier molecular flexibility index (Phi) is 20.8. The van der Waals surface area contributed by atoms with E-state index in [1.165, 1.54) is 36.0 Å². The van der Waals surface area contributed by atoms with Crippen molar-refractivity contribution >= 4 is 5.82 Å². The zero-order valence-corrected chi connectivity index (χ0v) is 28.6. The van der Waals surface area contributed by atoms with Gasteiger partial charge in [0.05, 0.1) is 19.3 Å². The molecule has 2 aromatic rings. The zero-order valence-electron chi connectivity index (χ0n) is 25.4. The molecule has 0 spiro atoms. The summed E-state index contributed by atoms with van der Waals surface area (Å²) in [6.07, 6.45) is 9.07. The van der Waals surface area contributed by atoms with Gasteiger partial charge in [0.25, 0.3) is 0 Å². The number of fused-ring (bicyclic) bond motifs is 2. The standard InChI is InChI=1S/C14H18FNO.C12H18N2O.C4H10O.CH3O.K/c15-13-7-11(9-16-4-1-2-5-16)14-3-6-17-10-12(14)8-13;15-9-2-1-5-11-7-6-10-4-3-8-13-12(10)14-11;1-4(2)5-3;1-2;/h7-8H,1-6,9-10H2;6-7,15H,1-5,8-9H2,(H,13,14);4H,1-3H3;1H3;/q;;;-1;+1. The largest absolute Gasteiger partial charge is 1.00 e. The summed E-state index contributed by atoms with van der Waals surface area (Å²) in [7, 11) is 2.45. The molecule has 0 aliphatic carbocycles. The van der Waals surface area contributed by atoms with Crippen molar-refractivity contribution in [1.82, 2.24) is 9.88 Å². The van der Waals surface area contributed by atoms with Crippen LogP contribution in [-0.4, -0.2) is 68.2 Å². The third-order valence-corrected chi connectivity index (χ3v) is 7.01. The predicted molar refractivity (Wildman–Crippen MR) is 153 cm³/mol. The van der Waals surface area contributed by atoms with Crippen LogP contribution >= 0.6 is 0 Å². The van der Waals surface area contributed by atoms with E-state index < -0.39 is 0 Å². The van der Waals surface area contributed by atoms with Gasteiger partial charge < -0.3 is 25.0 Å². The summed E-state index contributed by atoms with van der Waals surface area (Å²) < 4.78 is 23.7. The third-order valence-electron chi connectivity index (χ3n) is 7.01. The molecule has 220 valence electrons. The van der Waals surface area contributed by atoms with Gasteiger partial charge in [0, 0.05) is 32.5 Å². The molecular weight excluding hydrogens is 536 g/mol. The maximum atomic E-state index is 13.6. The Bertz CT molecular complexity index is 958. The number of likely N-dealkylation sites (tertiary alicyclic amines) is 1. The summed E-state index contributed by atoms with van der Waals surface area (Å²) in [6, 6.07) is 7.64. The van der Waals surface area contributed by atoms with Gasteiger partial charge in [0.15, 0.2) is 0 Å². The van der Waals surface area contributed by atoms with Crippen molar-refractivity contribution in [2.24, 2.45) is 0 Å². The van der Waals surface area contributed by atoms with E-state index in [1.54, 1.807) is 19.2 Å². The van der Waals surface area contributed by atoms with Crippen LogP contribution in [0, 0.1) is 5.82 Å². The number of nitrogens with zero attached hydrogens (tertiary/aromatic N) is 2. The minimum atomic E-state index is -0.122. The number of unbranched alkanes of at least 4 members (excludes halogenated alkanes) is 1. The van der Waals surface area contributed by atoms with Gasteiger partial charge in [0.2, 0.25) is 0 Å². The van der Waals surface area contributed by atoms with E-state index in [1.807, 2.05) is 13.8 Å². The topological polar surface area (TPSA) is 89.9 Å². The number of aromatic nitrogens is 1. The molecular formula is C31H49FKN3O4. The van der Waals surface area contributed by atoms with Crippen LogP contribution in [0.4, 0.5) is 10.2 Å². The van der Waals surface area contributed by atoms with Gasteiger partial charge in [-0.05, 0) is 119 Å². The fourth-order valence-corrected chi connectivity index (χ4v) is 4.81. The first kappa shape index (κ1) is 37.6. The summed E-state index contributed by atoms with van der Waals surface area (Å²) in [5, 5.41) is 20.3. The number of hydrogen-bond donors (Lipinski definition) is 2. The maximum absolute atomic E-state index is 13.6. The molecule has 2 N–H and O–H groups in total. The quantitative estimate of drug-likeness (QED) is 0.374. The normalized spacial score (nSPS) is 15.5. The van der Waals surface area contributed by atoms with Crippen LogP contribution in [-0.2, 0) is 41.9 Å². The molecule has 0 saturated carbocycles. The Morgan fingerprint density at radius 1 is 1.10 bits per heavy atom. The van der Waals surface area contributed by atoms with Gasteiger partial charge in [-0.15, -0.1) is 0 Å². The van der Waals surface area contributed by atoms with E-state index in [-0.39, 0.29) is 63.8 Å². The number of methoxy groups -OCH3 is 1. The Morgan fingerprint density at radius 3 is 2.50 bits per heavy atom. The van der Waals surface area contributed by atoms with Crippen molar-refractivity contribution in [3.63, 3.8) is 0 Å². The van der Waals surface area contributed by atoms with E-state index in [0.29, 0.717) is 12.7 Å². The van der Waals surface area contributed by atoms with Crippen LogP contribution in [0.2, 0.25) is 0 Å². The average molecular weight is 586 g/mol. The molecule has 3 aliphatic rings. The number of aliphatic hydroxyl groups is 1. The van der Waals surface area contributed by atoms with Crippen molar-refractivity contribution in [3.05, 3.63) is 58.0 Å². The Balaban J connectivity index is 0.000000321. The molecule has 5 rings (SSSR count). The Hall–Kier alpha value is -0.464. The molecule has 0 radical (unpaired) electrons. The second-order valence-corrected chi connectivity index (χ2v) is 10.3. The first-order valence-corrected chi connectivity index (χ1v) is 14.4. The van der Waals surface area contributed by atoms with Crippen molar-refractivity contribution in [2.45, 2.75) is 84.5 Å². The monoisotopic (exact) mass is 585 g/mol. The Morgan fingerprint density at radius 2 is 1.82 bits per heavy atom. The first-order valence-electron chi connectivity index (χ1n) is 14.4. The number of rotatable bonds is 7. The molecule has 0 unspecified atom stereocenters. The van der Waals surface area contributed by atoms with E-state index in [2.05, 4.69) is 27.3 Å². The van der Waals surface area contributed by atoms with Crippen molar-refractivity contribution in [3.8, 4) is 0 Å². The molecule has 3 aliphatic heterocycles. The van der Waals surface area contributed by atoms with Crippen LogP contribution in [0.5, 0.6) is 0 Å². The van der Waals surface area contributed by atoms with Gasteiger partial charge in [-0.2, -0.15) is 7.11 Å². The third kappa shape index (κ3) is 13.7. The SMILES string of the molecule is COC(C)C.C[O-].Fc1cc2c(c(CN3CCCC3)c1)CCOC2.OCCCCc1ccc2c(n1)NCCC2.[K+]. The van der Waals surface area contributed by atoms with Crippen molar-refractivity contribution in [2.75, 3.05) is 52.4 Å². The number of aliphatic hydroxyl groups excluding tert-OH is 1. The summed E-state index contributed by atoms with van der Waals surface area (Å²) in [5.74, 6) is 0.950. The summed E-state index contributed by atoms with van der Waals surface area (Å²) >= 11 is 0. The minimum absolute atomic E-state index is 0. The van der Waals surface area contributed by atoms with Gasteiger partial charge >= 0.3 is 51.4 Å². The van der Waals surface area contributed by atoms with E-state index in [4.69, 9.17) is 19.7 Å². The number of nitrogens with one attached hydrogen (secondary N) is 1. The molecule has 9 heteroatoms. The summed E-state index contributed by atoms with van der Waals surface area (Å²) in [4.78, 5) is 7.01. The minimum Gasteiger partial charge on any atom is -0.857 e. The molecule has 7 nitrogen and oxygen atoms in total. The average Bonchev–Trinajstić information content (AvgIpc) is 3.48. The van der Waals surface area contributed by atoms with E-state index >= 15 is 0 Å².